The summed E-state index contributed by atoms with van der Waals surface area (Å²) in [5, 5.41) is 0. The molecule has 1 atom stereocenters. The van der Waals surface area contributed by atoms with Crippen LogP contribution in [0.2, 0.25) is 0 Å². The molecule has 2 rings (SSSR count). The third-order valence-corrected chi connectivity index (χ3v) is 2.85. The van der Waals surface area contributed by atoms with E-state index in [1.54, 1.807) is 6.07 Å². The van der Waals surface area contributed by atoms with Crippen molar-refractivity contribution in [2.45, 2.75) is 13.0 Å². The molecule has 3 nitrogen and oxygen atoms in total. The average molecular weight is 207 g/mol. The Morgan fingerprint density at radius 2 is 2.27 bits per heavy atom. The lowest BCUT2D eigenvalue weighted by Gasteiger charge is -2.23. The van der Waals surface area contributed by atoms with Crippen molar-refractivity contribution in [3.63, 3.8) is 0 Å². The highest BCUT2D eigenvalue weighted by atomic mass is 19.1. The number of halogens is 1. The van der Waals surface area contributed by atoms with Gasteiger partial charge in [-0.2, -0.15) is 0 Å². The molecule has 0 saturated carbocycles. The van der Waals surface area contributed by atoms with Crippen molar-refractivity contribution < 1.29 is 4.39 Å². The first kappa shape index (κ1) is 9.96. The Bertz CT molecular complexity index is 414. The van der Waals surface area contributed by atoms with Crippen molar-refractivity contribution in [1.29, 1.82) is 0 Å². The lowest BCUT2D eigenvalue weighted by molar-refractivity contribution is 0.412. The third-order valence-electron chi connectivity index (χ3n) is 2.85. The molecular formula is C11H14FN3. The molecule has 4 heteroatoms. The number of rotatable bonds is 1. The highest BCUT2D eigenvalue weighted by Gasteiger charge is 2.25. The van der Waals surface area contributed by atoms with Gasteiger partial charge in [0.05, 0.1) is 12.6 Å². The molecule has 0 fully saturated rings. The van der Waals surface area contributed by atoms with Crippen LogP contribution >= 0.6 is 0 Å². The van der Waals surface area contributed by atoms with Crippen LogP contribution in [0.15, 0.2) is 23.2 Å². The monoisotopic (exact) mass is 207 g/mol. The quantitative estimate of drug-likeness (QED) is 0.757. The van der Waals surface area contributed by atoms with Crippen LogP contribution in [0.5, 0.6) is 0 Å². The normalized spacial score (nSPS) is 20.6. The predicted octanol–water partition coefficient (Wildman–Crippen LogP) is 1.44. The summed E-state index contributed by atoms with van der Waals surface area (Å²) in [7, 11) is 1.90. The van der Waals surface area contributed by atoms with Crippen molar-refractivity contribution in [2.24, 2.45) is 10.7 Å². The minimum absolute atomic E-state index is 0.144. The number of hydrogen-bond acceptors (Lipinski definition) is 3. The van der Waals surface area contributed by atoms with Gasteiger partial charge >= 0.3 is 0 Å². The van der Waals surface area contributed by atoms with Gasteiger partial charge in [0.25, 0.3) is 0 Å². The molecule has 0 bridgehead atoms. The number of hydrogen-bond donors (Lipinski definition) is 1. The summed E-state index contributed by atoms with van der Waals surface area (Å²) in [5.74, 6) is 0.342. The molecule has 1 aromatic carbocycles. The van der Waals surface area contributed by atoms with Crippen LogP contribution in [0.1, 0.15) is 17.2 Å². The zero-order valence-corrected chi connectivity index (χ0v) is 8.87. The Balaban J connectivity index is 2.32. The highest BCUT2D eigenvalue weighted by molar-refractivity contribution is 5.80. The molecule has 80 valence electrons. The van der Waals surface area contributed by atoms with Crippen molar-refractivity contribution in [2.75, 3.05) is 13.6 Å². The maximum Gasteiger partial charge on any atom is 0.191 e. The van der Waals surface area contributed by atoms with E-state index in [9.17, 15) is 4.39 Å². The summed E-state index contributed by atoms with van der Waals surface area (Å²) in [5.41, 5.74) is 7.72. The number of nitrogens with zero attached hydrogens (tertiary/aromatic N) is 2. The van der Waals surface area contributed by atoms with Gasteiger partial charge in [0.1, 0.15) is 5.82 Å². The van der Waals surface area contributed by atoms with Crippen LogP contribution in [0, 0.1) is 12.7 Å². The van der Waals surface area contributed by atoms with Gasteiger partial charge in [-0.15, -0.1) is 0 Å². The molecule has 0 aromatic heterocycles. The van der Waals surface area contributed by atoms with Crippen LogP contribution in [0.4, 0.5) is 4.39 Å². The summed E-state index contributed by atoms with van der Waals surface area (Å²) in [6.45, 7) is 2.55. The lowest BCUT2D eigenvalue weighted by atomic mass is 10.0. The van der Waals surface area contributed by atoms with E-state index in [-0.39, 0.29) is 11.9 Å². The van der Waals surface area contributed by atoms with Crippen molar-refractivity contribution in [3.05, 3.63) is 35.1 Å². The number of benzene rings is 1. The number of aliphatic imine (C=N–C) groups is 1. The minimum atomic E-state index is -0.203. The number of nitrogens with two attached hydrogens (primary N) is 1. The molecule has 0 radical (unpaired) electrons. The second kappa shape index (κ2) is 3.53. The largest absolute Gasteiger partial charge is 0.370 e. The van der Waals surface area contributed by atoms with E-state index in [0.717, 1.165) is 11.1 Å². The Morgan fingerprint density at radius 1 is 1.53 bits per heavy atom. The molecule has 0 amide bonds. The van der Waals surface area contributed by atoms with Gasteiger partial charge in [0, 0.05) is 7.05 Å². The van der Waals surface area contributed by atoms with E-state index in [4.69, 9.17) is 5.73 Å². The second-order valence-corrected chi connectivity index (χ2v) is 3.83. The van der Waals surface area contributed by atoms with Crippen LogP contribution < -0.4 is 5.73 Å². The van der Waals surface area contributed by atoms with Crippen molar-refractivity contribution in [1.82, 2.24) is 4.90 Å². The smallest absolute Gasteiger partial charge is 0.191 e. The fraction of sp³-hybridized carbons (Fsp3) is 0.364. The molecule has 1 aromatic rings. The summed E-state index contributed by atoms with van der Waals surface area (Å²) >= 11 is 0. The van der Waals surface area contributed by atoms with Gasteiger partial charge in [0.15, 0.2) is 5.96 Å². The van der Waals surface area contributed by atoms with Crippen LogP contribution in [0.25, 0.3) is 0 Å². The fourth-order valence-corrected chi connectivity index (χ4v) is 1.89. The average Bonchev–Trinajstić information content (AvgIpc) is 2.49. The minimum Gasteiger partial charge on any atom is -0.370 e. The lowest BCUT2D eigenvalue weighted by Crippen LogP contribution is -2.32. The van der Waals surface area contributed by atoms with Crippen LogP contribution in [-0.2, 0) is 0 Å². The van der Waals surface area contributed by atoms with E-state index < -0.39 is 0 Å². The van der Waals surface area contributed by atoms with Crippen LogP contribution in [-0.4, -0.2) is 24.5 Å². The molecule has 1 aliphatic heterocycles. The van der Waals surface area contributed by atoms with Crippen molar-refractivity contribution >= 4 is 5.96 Å². The first-order chi connectivity index (χ1) is 7.09. The molecule has 0 saturated heterocycles. The predicted molar refractivity (Wildman–Crippen MR) is 58.1 cm³/mol. The fourth-order valence-electron chi connectivity index (χ4n) is 1.89. The molecule has 0 spiro atoms. The maximum atomic E-state index is 12.9. The SMILES string of the molecule is Cc1cc(F)ccc1C1CN=C(N)N1C. The topological polar surface area (TPSA) is 41.6 Å². The first-order valence-electron chi connectivity index (χ1n) is 4.88. The molecule has 1 aliphatic rings. The second-order valence-electron chi connectivity index (χ2n) is 3.83. The number of aryl methyl sites for hydroxylation is 1. The molecule has 15 heavy (non-hydrogen) atoms. The van der Waals surface area contributed by atoms with E-state index >= 15 is 0 Å². The van der Waals surface area contributed by atoms with E-state index in [1.807, 2.05) is 18.9 Å². The molecule has 0 aliphatic carbocycles. The Hall–Kier alpha value is -1.58. The maximum absolute atomic E-state index is 12.9. The van der Waals surface area contributed by atoms with E-state index in [1.165, 1.54) is 12.1 Å². The molecule has 1 heterocycles. The Kier molecular flexibility index (Phi) is 2.34. The summed E-state index contributed by atoms with van der Waals surface area (Å²) < 4.78 is 12.9. The highest BCUT2D eigenvalue weighted by Crippen LogP contribution is 2.26. The zero-order chi connectivity index (χ0) is 11.0. The molecule has 2 N–H and O–H groups in total. The van der Waals surface area contributed by atoms with Gasteiger partial charge in [-0.1, -0.05) is 6.07 Å². The van der Waals surface area contributed by atoms with Crippen molar-refractivity contribution in [3.8, 4) is 0 Å². The summed E-state index contributed by atoms with van der Waals surface area (Å²) in [6.07, 6.45) is 0. The van der Waals surface area contributed by atoms with E-state index in [2.05, 4.69) is 4.99 Å². The first-order valence-corrected chi connectivity index (χ1v) is 4.88. The number of likely N-dealkylation sites (N-methyl/N-ethyl adjacent to an activating group) is 1. The third kappa shape index (κ3) is 1.67. The van der Waals surface area contributed by atoms with Gasteiger partial charge in [-0.3, -0.25) is 4.99 Å². The standard InChI is InChI=1S/C11H14FN3/c1-7-5-8(12)3-4-9(7)10-6-14-11(13)15(10)2/h3-5,10H,6H2,1-2H3,(H2,13,14). The van der Waals surface area contributed by atoms with Gasteiger partial charge in [-0.25, -0.2) is 4.39 Å². The van der Waals surface area contributed by atoms with Gasteiger partial charge in [0.2, 0.25) is 0 Å². The van der Waals surface area contributed by atoms with Crippen LogP contribution in [0.3, 0.4) is 0 Å². The number of guanidine groups is 1. The Morgan fingerprint density at radius 3 is 2.80 bits per heavy atom. The van der Waals surface area contributed by atoms with Gasteiger partial charge in [-0.05, 0) is 30.2 Å². The van der Waals surface area contributed by atoms with Gasteiger partial charge < -0.3 is 10.6 Å². The Labute approximate surface area is 88.4 Å². The van der Waals surface area contributed by atoms with E-state index in [0.29, 0.717) is 12.5 Å². The molecule has 1 unspecified atom stereocenters. The zero-order valence-electron chi connectivity index (χ0n) is 8.87. The summed E-state index contributed by atoms with van der Waals surface area (Å²) in [6, 6.07) is 4.97. The molecular weight excluding hydrogens is 193 g/mol. The summed E-state index contributed by atoms with van der Waals surface area (Å²) in [4.78, 5) is 6.08.